The fourth-order valence-corrected chi connectivity index (χ4v) is 3.42. The number of ether oxygens (including phenoxy) is 3. The highest BCUT2D eigenvalue weighted by molar-refractivity contribution is 9.10. The van der Waals surface area contributed by atoms with Gasteiger partial charge in [-0.25, -0.2) is 9.07 Å². The van der Waals surface area contributed by atoms with Crippen LogP contribution in [-0.4, -0.2) is 30.8 Å². The smallest absolute Gasteiger partial charge is 0.146 e. The summed E-state index contributed by atoms with van der Waals surface area (Å²) in [5, 5.41) is 4.64. The third-order valence-electron chi connectivity index (χ3n) is 3.99. The van der Waals surface area contributed by atoms with Gasteiger partial charge in [0.25, 0.3) is 0 Å². The summed E-state index contributed by atoms with van der Waals surface area (Å²) in [7, 11) is 3.20. The van der Waals surface area contributed by atoms with Crippen molar-refractivity contribution < 1.29 is 18.6 Å². The van der Waals surface area contributed by atoms with Gasteiger partial charge in [0, 0.05) is 29.8 Å². The summed E-state index contributed by atoms with van der Waals surface area (Å²) < 4.78 is 31.8. The summed E-state index contributed by atoms with van der Waals surface area (Å²) in [6.45, 7) is 0.896. The Labute approximate surface area is 165 Å². The molecule has 3 aromatic rings. The number of hydrogen-bond donors (Lipinski definition) is 0. The van der Waals surface area contributed by atoms with Crippen LogP contribution in [-0.2, 0) is 27.5 Å². The van der Waals surface area contributed by atoms with E-state index in [-0.39, 0.29) is 19.3 Å². The zero-order chi connectivity index (χ0) is 19.2. The predicted molar refractivity (Wildman–Crippen MR) is 104 cm³/mol. The zero-order valence-electron chi connectivity index (χ0n) is 15.1. The molecule has 0 radical (unpaired) electrons. The van der Waals surface area contributed by atoms with Crippen molar-refractivity contribution in [1.82, 2.24) is 9.78 Å². The van der Waals surface area contributed by atoms with Gasteiger partial charge in [-0.3, -0.25) is 0 Å². The lowest BCUT2D eigenvalue weighted by atomic mass is 10.0. The third-order valence-corrected chi connectivity index (χ3v) is 4.65. The Bertz CT molecular complexity index is 897. The van der Waals surface area contributed by atoms with Gasteiger partial charge in [-0.05, 0) is 42.0 Å². The Morgan fingerprint density at radius 1 is 1.07 bits per heavy atom. The van der Waals surface area contributed by atoms with Crippen molar-refractivity contribution in [1.29, 1.82) is 0 Å². The number of methoxy groups -OCH3 is 2. The number of nitrogens with zero attached hydrogens (tertiary/aromatic N) is 2. The summed E-state index contributed by atoms with van der Waals surface area (Å²) in [6.07, 6.45) is 0. The molecule has 0 atom stereocenters. The van der Waals surface area contributed by atoms with Gasteiger partial charge in [0.15, 0.2) is 0 Å². The van der Waals surface area contributed by atoms with Crippen molar-refractivity contribution in [2.45, 2.75) is 13.3 Å². The summed E-state index contributed by atoms with van der Waals surface area (Å²) in [4.78, 5) is 0. The molecule has 0 unspecified atom stereocenters. The predicted octanol–water partition coefficient (Wildman–Crippen LogP) is 4.84. The molecule has 5 nitrogen and oxygen atoms in total. The van der Waals surface area contributed by atoms with Crippen LogP contribution in [0.2, 0.25) is 0 Å². The molecule has 0 amide bonds. The normalized spacial score (nSPS) is 11.1. The Morgan fingerprint density at radius 3 is 2.56 bits per heavy atom. The van der Waals surface area contributed by atoms with Gasteiger partial charge in [-0.1, -0.05) is 28.1 Å². The second-order valence-electron chi connectivity index (χ2n) is 5.87. The van der Waals surface area contributed by atoms with Crippen LogP contribution in [0.15, 0.2) is 53.0 Å². The molecule has 142 valence electrons. The van der Waals surface area contributed by atoms with Crippen LogP contribution in [0.3, 0.4) is 0 Å². The van der Waals surface area contributed by atoms with Crippen molar-refractivity contribution >= 4 is 15.9 Å². The molecule has 0 aliphatic heterocycles. The molecule has 0 spiro atoms. The topological polar surface area (TPSA) is 45.5 Å². The molecule has 2 aromatic carbocycles. The first kappa shape index (κ1) is 19.7. The van der Waals surface area contributed by atoms with Gasteiger partial charge in [0.1, 0.15) is 19.3 Å². The van der Waals surface area contributed by atoms with Gasteiger partial charge in [0.2, 0.25) is 0 Å². The van der Waals surface area contributed by atoms with Gasteiger partial charge < -0.3 is 14.2 Å². The van der Waals surface area contributed by atoms with Crippen LogP contribution in [0.5, 0.6) is 0 Å². The van der Waals surface area contributed by atoms with Gasteiger partial charge >= 0.3 is 0 Å². The zero-order valence-corrected chi connectivity index (χ0v) is 16.7. The quantitative estimate of drug-likeness (QED) is 0.375. The van der Waals surface area contributed by atoms with Crippen molar-refractivity contribution in [2.75, 3.05) is 21.0 Å². The van der Waals surface area contributed by atoms with E-state index in [0.29, 0.717) is 6.61 Å². The SMILES string of the molecule is COCOCc1cccc(Br)c1-c1cc(-c2ccc(F)cc2)nn1COC. The first-order valence-corrected chi connectivity index (χ1v) is 9.10. The van der Waals surface area contributed by atoms with E-state index >= 15 is 0 Å². The lowest BCUT2D eigenvalue weighted by molar-refractivity contribution is -0.0389. The summed E-state index contributed by atoms with van der Waals surface area (Å²) in [5.41, 5.74) is 4.40. The van der Waals surface area contributed by atoms with Crippen LogP contribution in [0.1, 0.15) is 5.56 Å². The molecule has 0 bridgehead atoms. The van der Waals surface area contributed by atoms with E-state index in [9.17, 15) is 4.39 Å². The summed E-state index contributed by atoms with van der Waals surface area (Å²) in [6, 6.07) is 14.2. The highest BCUT2D eigenvalue weighted by Gasteiger charge is 2.17. The average molecular weight is 435 g/mol. The Hall–Kier alpha value is -2.06. The van der Waals surface area contributed by atoms with E-state index in [1.807, 2.05) is 24.3 Å². The summed E-state index contributed by atoms with van der Waals surface area (Å²) in [5.74, 6) is -0.279. The Balaban J connectivity index is 2.06. The van der Waals surface area contributed by atoms with Crippen LogP contribution in [0.4, 0.5) is 4.39 Å². The highest BCUT2D eigenvalue weighted by atomic mass is 79.9. The molecule has 3 rings (SSSR count). The largest absolute Gasteiger partial charge is 0.362 e. The molecule has 0 saturated carbocycles. The van der Waals surface area contributed by atoms with Crippen molar-refractivity contribution in [2.24, 2.45) is 0 Å². The minimum absolute atomic E-state index is 0.212. The van der Waals surface area contributed by atoms with Gasteiger partial charge in [0.05, 0.1) is 18.0 Å². The molecule has 1 aromatic heterocycles. The van der Waals surface area contributed by atoms with E-state index in [2.05, 4.69) is 21.0 Å². The molecule has 27 heavy (non-hydrogen) atoms. The number of rotatable bonds is 8. The van der Waals surface area contributed by atoms with E-state index in [0.717, 1.165) is 32.6 Å². The van der Waals surface area contributed by atoms with E-state index in [1.165, 1.54) is 12.1 Å². The maximum Gasteiger partial charge on any atom is 0.146 e. The Morgan fingerprint density at radius 2 is 1.85 bits per heavy atom. The van der Waals surface area contributed by atoms with Crippen LogP contribution in [0.25, 0.3) is 22.5 Å². The second-order valence-corrected chi connectivity index (χ2v) is 6.72. The van der Waals surface area contributed by atoms with Crippen LogP contribution in [0, 0.1) is 5.82 Å². The molecule has 0 aliphatic carbocycles. The molecule has 0 N–H and O–H groups in total. The standard InChI is InChI=1S/C20H20BrFN2O3/c1-25-12-24-19(10-18(23-24)14-6-8-16(22)9-7-14)20-15(11-27-13-26-2)4-3-5-17(20)21/h3-10H,11-13H2,1-2H3. The van der Waals surface area contributed by atoms with E-state index < -0.39 is 0 Å². The molecule has 0 saturated heterocycles. The summed E-state index contributed by atoms with van der Waals surface area (Å²) >= 11 is 3.63. The van der Waals surface area contributed by atoms with Crippen molar-refractivity contribution in [3.63, 3.8) is 0 Å². The molecule has 0 fully saturated rings. The number of benzene rings is 2. The lowest BCUT2D eigenvalue weighted by Crippen LogP contribution is -2.06. The number of hydrogen-bond acceptors (Lipinski definition) is 4. The van der Waals surface area contributed by atoms with E-state index in [1.54, 1.807) is 31.0 Å². The highest BCUT2D eigenvalue weighted by Crippen LogP contribution is 2.34. The monoisotopic (exact) mass is 434 g/mol. The third kappa shape index (κ3) is 4.62. The van der Waals surface area contributed by atoms with Crippen molar-refractivity contribution in [3.05, 3.63) is 64.4 Å². The van der Waals surface area contributed by atoms with Gasteiger partial charge in [-0.15, -0.1) is 0 Å². The molecule has 0 aliphatic rings. The molecular weight excluding hydrogens is 415 g/mol. The maximum atomic E-state index is 13.3. The van der Waals surface area contributed by atoms with Crippen LogP contribution >= 0.6 is 15.9 Å². The number of aromatic nitrogens is 2. The molecular formula is C20H20BrFN2O3. The fraction of sp³-hybridized carbons (Fsp3) is 0.250. The average Bonchev–Trinajstić information content (AvgIpc) is 3.06. The minimum atomic E-state index is -0.279. The molecule has 1 heterocycles. The van der Waals surface area contributed by atoms with Crippen LogP contribution < -0.4 is 0 Å². The first-order chi connectivity index (χ1) is 13.1. The fourth-order valence-electron chi connectivity index (χ4n) is 2.81. The number of halogens is 2. The second kappa shape index (κ2) is 9.23. The lowest BCUT2D eigenvalue weighted by Gasteiger charge is -2.13. The first-order valence-electron chi connectivity index (χ1n) is 8.31. The van der Waals surface area contributed by atoms with E-state index in [4.69, 9.17) is 14.2 Å². The maximum absolute atomic E-state index is 13.3. The minimum Gasteiger partial charge on any atom is -0.362 e. The molecule has 7 heteroatoms. The van der Waals surface area contributed by atoms with Crippen molar-refractivity contribution in [3.8, 4) is 22.5 Å². The van der Waals surface area contributed by atoms with Gasteiger partial charge in [-0.2, -0.15) is 5.10 Å². The Kier molecular flexibility index (Phi) is 6.73.